The third-order valence-electron chi connectivity index (χ3n) is 2.90. The van der Waals surface area contributed by atoms with Gasteiger partial charge >= 0.3 is 0 Å². The summed E-state index contributed by atoms with van der Waals surface area (Å²) in [5.74, 6) is 2.05. The van der Waals surface area contributed by atoms with Gasteiger partial charge in [-0.15, -0.1) is 0 Å². The summed E-state index contributed by atoms with van der Waals surface area (Å²) in [6, 6.07) is 0. The van der Waals surface area contributed by atoms with E-state index in [9.17, 15) is 4.79 Å². The van der Waals surface area contributed by atoms with Crippen molar-refractivity contribution in [3.05, 3.63) is 27.4 Å². The third kappa shape index (κ3) is 2.25. The number of nitrogens with zero attached hydrogens (tertiary/aromatic N) is 1. The Morgan fingerprint density at radius 1 is 1.40 bits per heavy atom. The van der Waals surface area contributed by atoms with Crippen molar-refractivity contribution in [2.24, 2.45) is 0 Å². The van der Waals surface area contributed by atoms with Crippen LogP contribution in [0.3, 0.4) is 0 Å². The van der Waals surface area contributed by atoms with E-state index in [-0.39, 0.29) is 5.56 Å². The highest BCUT2D eigenvalue weighted by atomic mass is 32.2. The number of thioether (sulfide) groups is 1. The molecule has 1 N–H and O–H groups in total. The second-order valence-electron chi connectivity index (χ2n) is 4.02. The molecule has 0 aromatic carbocycles. The first-order valence-corrected chi connectivity index (χ1v) is 6.42. The van der Waals surface area contributed by atoms with Crippen LogP contribution in [0.5, 0.6) is 0 Å². The van der Waals surface area contributed by atoms with Crippen LogP contribution in [0, 0.1) is 13.8 Å². The molecule has 15 heavy (non-hydrogen) atoms. The van der Waals surface area contributed by atoms with E-state index < -0.39 is 0 Å². The predicted octanol–water partition coefficient (Wildman–Crippen LogP) is 2.34. The minimum absolute atomic E-state index is 0.0173. The fourth-order valence-electron chi connectivity index (χ4n) is 1.78. The fourth-order valence-corrected chi connectivity index (χ4v) is 3.03. The lowest BCUT2D eigenvalue weighted by molar-refractivity contribution is 0.657. The van der Waals surface area contributed by atoms with Crippen LogP contribution in [0.25, 0.3) is 0 Å². The molecule has 1 aromatic rings. The molecule has 1 aromatic heterocycles. The Labute approximate surface area is 93.7 Å². The van der Waals surface area contributed by atoms with Crippen LogP contribution in [0.15, 0.2) is 4.79 Å². The summed E-state index contributed by atoms with van der Waals surface area (Å²) in [4.78, 5) is 19.0. The number of hydrogen-bond acceptors (Lipinski definition) is 3. The molecule has 0 saturated carbocycles. The Bertz CT molecular complexity index is 408. The highest BCUT2D eigenvalue weighted by Crippen LogP contribution is 2.36. The maximum absolute atomic E-state index is 11.6. The third-order valence-corrected chi connectivity index (χ3v) is 4.28. The van der Waals surface area contributed by atoms with Crippen LogP contribution in [0.2, 0.25) is 0 Å². The highest BCUT2D eigenvalue weighted by Gasteiger charge is 2.19. The van der Waals surface area contributed by atoms with Crippen molar-refractivity contribution in [1.29, 1.82) is 0 Å². The van der Waals surface area contributed by atoms with Gasteiger partial charge in [-0.1, -0.05) is 6.42 Å². The van der Waals surface area contributed by atoms with Crippen molar-refractivity contribution in [2.45, 2.75) is 38.4 Å². The Kier molecular flexibility index (Phi) is 3.14. The summed E-state index contributed by atoms with van der Waals surface area (Å²) < 4.78 is 0. The lowest BCUT2D eigenvalue weighted by Crippen LogP contribution is -2.18. The molecule has 1 atom stereocenters. The molecular weight excluding hydrogens is 208 g/mol. The summed E-state index contributed by atoms with van der Waals surface area (Å²) in [5.41, 5.74) is 1.61. The van der Waals surface area contributed by atoms with Gasteiger partial charge in [0.2, 0.25) is 0 Å². The van der Waals surface area contributed by atoms with Gasteiger partial charge in [0.15, 0.2) is 0 Å². The van der Waals surface area contributed by atoms with E-state index in [4.69, 9.17) is 0 Å². The van der Waals surface area contributed by atoms with Crippen LogP contribution in [-0.2, 0) is 0 Å². The minimum Gasteiger partial charge on any atom is -0.309 e. The zero-order valence-corrected chi connectivity index (χ0v) is 9.99. The Balaban J connectivity index is 2.32. The maximum Gasteiger partial charge on any atom is 0.254 e. The van der Waals surface area contributed by atoms with Crippen molar-refractivity contribution < 1.29 is 0 Å². The normalized spacial score (nSPS) is 21.6. The predicted molar refractivity (Wildman–Crippen MR) is 63.4 cm³/mol. The average Bonchev–Trinajstić information content (AvgIpc) is 2.26. The number of rotatable bonds is 1. The van der Waals surface area contributed by atoms with Crippen LogP contribution in [-0.4, -0.2) is 15.7 Å². The summed E-state index contributed by atoms with van der Waals surface area (Å²) in [6.07, 6.45) is 3.67. The summed E-state index contributed by atoms with van der Waals surface area (Å²) >= 11 is 1.91. The fraction of sp³-hybridized carbons (Fsp3) is 0.636. The molecule has 0 amide bonds. The topological polar surface area (TPSA) is 45.8 Å². The lowest BCUT2D eigenvalue weighted by Gasteiger charge is -2.20. The molecule has 2 rings (SSSR count). The number of aromatic amines is 1. The number of nitrogens with one attached hydrogen (secondary N) is 1. The molecule has 0 bridgehead atoms. The van der Waals surface area contributed by atoms with Gasteiger partial charge in [-0.05, 0) is 32.4 Å². The number of aryl methyl sites for hydroxylation is 1. The van der Waals surface area contributed by atoms with Crippen molar-refractivity contribution in [3.8, 4) is 0 Å². The minimum atomic E-state index is 0.0173. The molecular formula is C11H16N2OS. The first-order chi connectivity index (χ1) is 7.18. The van der Waals surface area contributed by atoms with Crippen LogP contribution < -0.4 is 5.56 Å². The van der Waals surface area contributed by atoms with E-state index in [1.165, 1.54) is 18.6 Å². The molecule has 0 spiro atoms. The molecule has 1 aliphatic heterocycles. The summed E-state index contributed by atoms with van der Waals surface area (Å²) in [5, 5.41) is 0.394. The molecule has 0 radical (unpaired) electrons. The molecule has 1 fully saturated rings. The molecule has 1 unspecified atom stereocenters. The van der Waals surface area contributed by atoms with E-state index in [0.717, 1.165) is 23.5 Å². The van der Waals surface area contributed by atoms with E-state index >= 15 is 0 Å². The number of aromatic nitrogens is 2. The van der Waals surface area contributed by atoms with Crippen molar-refractivity contribution >= 4 is 11.8 Å². The van der Waals surface area contributed by atoms with Crippen LogP contribution in [0.4, 0.5) is 0 Å². The molecule has 0 aliphatic carbocycles. The number of H-pyrrole nitrogens is 1. The second-order valence-corrected chi connectivity index (χ2v) is 5.33. The van der Waals surface area contributed by atoms with Gasteiger partial charge in [-0.25, -0.2) is 4.98 Å². The first-order valence-electron chi connectivity index (χ1n) is 5.37. The van der Waals surface area contributed by atoms with Crippen molar-refractivity contribution in [2.75, 3.05) is 5.75 Å². The van der Waals surface area contributed by atoms with E-state index in [1.807, 2.05) is 25.6 Å². The number of hydrogen-bond donors (Lipinski definition) is 1. The molecule has 1 saturated heterocycles. The van der Waals surface area contributed by atoms with Gasteiger partial charge < -0.3 is 4.98 Å². The molecule has 4 heteroatoms. The van der Waals surface area contributed by atoms with Gasteiger partial charge in [0.25, 0.3) is 5.56 Å². The first kappa shape index (κ1) is 10.7. The molecule has 2 heterocycles. The van der Waals surface area contributed by atoms with Crippen molar-refractivity contribution in [3.63, 3.8) is 0 Å². The average molecular weight is 224 g/mol. The highest BCUT2D eigenvalue weighted by molar-refractivity contribution is 7.99. The lowest BCUT2D eigenvalue weighted by atomic mass is 10.1. The smallest absolute Gasteiger partial charge is 0.254 e. The quantitative estimate of drug-likeness (QED) is 0.796. The molecule has 1 aliphatic rings. The van der Waals surface area contributed by atoms with E-state index in [2.05, 4.69) is 9.97 Å². The monoisotopic (exact) mass is 224 g/mol. The van der Waals surface area contributed by atoms with Gasteiger partial charge in [-0.2, -0.15) is 11.8 Å². The van der Waals surface area contributed by atoms with Gasteiger partial charge in [0.05, 0.1) is 5.25 Å². The molecule has 3 nitrogen and oxygen atoms in total. The Morgan fingerprint density at radius 3 is 2.80 bits per heavy atom. The van der Waals surface area contributed by atoms with Crippen molar-refractivity contribution in [1.82, 2.24) is 9.97 Å². The summed E-state index contributed by atoms with van der Waals surface area (Å²) in [6.45, 7) is 3.72. The van der Waals surface area contributed by atoms with E-state index in [1.54, 1.807) is 0 Å². The van der Waals surface area contributed by atoms with Crippen LogP contribution in [0.1, 0.15) is 41.6 Å². The molecule has 82 valence electrons. The standard InChI is InChI=1S/C11H16N2OS/c1-7-8(2)12-10(13-11(7)14)9-5-3-4-6-15-9/h9H,3-6H2,1-2H3,(H,12,13,14). The van der Waals surface area contributed by atoms with Gasteiger partial charge in [-0.3, -0.25) is 4.79 Å². The second kappa shape index (κ2) is 4.39. The zero-order valence-electron chi connectivity index (χ0n) is 9.17. The zero-order chi connectivity index (χ0) is 10.8. The SMILES string of the molecule is Cc1nc(C2CCCCS2)[nH]c(=O)c1C. The van der Waals surface area contributed by atoms with E-state index in [0.29, 0.717) is 5.25 Å². The van der Waals surface area contributed by atoms with Crippen LogP contribution >= 0.6 is 11.8 Å². The van der Waals surface area contributed by atoms with Gasteiger partial charge in [0.1, 0.15) is 5.82 Å². The van der Waals surface area contributed by atoms with Gasteiger partial charge in [0, 0.05) is 11.3 Å². The largest absolute Gasteiger partial charge is 0.309 e. The Hall–Kier alpha value is -0.770. The Morgan fingerprint density at radius 2 is 2.20 bits per heavy atom. The summed E-state index contributed by atoms with van der Waals surface area (Å²) in [7, 11) is 0. The maximum atomic E-state index is 11.6.